The molecule has 146 valence electrons. The third-order valence-electron chi connectivity index (χ3n) is 4.09. The van der Waals surface area contributed by atoms with Gasteiger partial charge in [-0.25, -0.2) is 0 Å². The van der Waals surface area contributed by atoms with Crippen molar-refractivity contribution in [3.63, 3.8) is 0 Å². The molecule has 0 radical (unpaired) electrons. The smallest absolute Gasteiger partial charge is 0.138 e. The van der Waals surface area contributed by atoms with Crippen LogP contribution in [0.5, 0.6) is 5.75 Å². The summed E-state index contributed by atoms with van der Waals surface area (Å²) in [5.74, 6) is 0.547. The summed E-state index contributed by atoms with van der Waals surface area (Å²) in [6.45, 7) is 5.23. The van der Waals surface area contributed by atoms with Gasteiger partial charge in [0, 0.05) is 24.7 Å². The number of halogens is 4. The van der Waals surface area contributed by atoms with Crippen LogP contribution < -0.4 is 4.74 Å². The van der Waals surface area contributed by atoms with E-state index in [2.05, 4.69) is 9.80 Å². The highest BCUT2D eigenvalue weighted by atomic mass is 35.5. The van der Waals surface area contributed by atoms with E-state index in [9.17, 15) is 5.11 Å². The number of likely N-dealkylation sites (N-methyl/N-ethyl adjacent to an activating group) is 1. The molecule has 1 heterocycles. The summed E-state index contributed by atoms with van der Waals surface area (Å²) in [7, 11) is 2.03. The summed E-state index contributed by atoms with van der Waals surface area (Å²) in [5.41, 5.74) is 0. The first-order valence-electron chi connectivity index (χ1n) is 8.21. The zero-order valence-corrected chi connectivity index (χ0v) is 17.6. The Morgan fingerprint density at radius 1 is 1.20 bits per heavy atom. The summed E-state index contributed by atoms with van der Waals surface area (Å²) in [6, 6.07) is 5.08. The fourth-order valence-corrected chi connectivity index (χ4v) is 3.24. The number of hydrogen-bond acceptors (Lipinski definition) is 4. The Hall–Kier alpha value is 0.0600. The second-order valence-electron chi connectivity index (χ2n) is 6.20. The SMILES string of the molecule is CN(CCN1CCCCC1)CC(O)COc1ccc(Cl)cc1Cl.Cl.Cl. The minimum atomic E-state index is -0.548. The quantitative estimate of drug-likeness (QED) is 0.672. The van der Waals surface area contributed by atoms with Crippen LogP contribution in [-0.4, -0.2) is 67.4 Å². The largest absolute Gasteiger partial charge is 0.489 e. The molecule has 1 fully saturated rings. The molecule has 0 bridgehead atoms. The van der Waals surface area contributed by atoms with Crippen LogP contribution in [0.2, 0.25) is 10.0 Å². The third-order valence-corrected chi connectivity index (χ3v) is 4.62. The van der Waals surface area contributed by atoms with E-state index in [0.717, 1.165) is 13.1 Å². The molecular formula is C17H28Cl4N2O2. The van der Waals surface area contributed by atoms with Crippen LogP contribution >= 0.6 is 48.0 Å². The standard InChI is InChI=1S/C17H26Cl2N2O2.2ClH/c1-20(9-10-21-7-3-2-4-8-21)12-15(22)13-23-17-6-5-14(18)11-16(17)19;;/h5-6,11,15,22H,2-4,7-10,12-13H2,1H3;2*1H. The fraction of sp³-hybridized carbons (Fsp3) is 0.647. The first-order chi connectivity index (χ1) is 11.0. The summed E-state index contributed by atoms with van der Waals surface area (Å²) < 4.78 is 5.57. The molecule has 25 heavy (non-hydrogen) atoms. The molecule has 8 heteroatoms. The maximum absolute atomic E-state index is 10.1. The number of piperidine rings is 1. The molecule has 1 aromatic carbocycles. The summed E-state index contributed by atoms with van der Waals surface area (Å²) in [6.07, 6.45) is 3.42. The molecule has 4 nitrogen and oxygen atoms in total. The molecular weight excluding hydrogens is 406 g/mol. The van der Waals surface area contributed by atoms with E-state index in [1.165, 1.54) is 32.4 Å². The molecule has 0 spiro atoms. The Labute approximate surface area is 173 Å². The van der Waals surface area contributed by atoms with Crippen LogP contribution in [0.4, 0.5) is 0 Å². The van der Waals surface area contributed by atoms with Crippen molar-refractivity contribution in [3.8, 4) is 5.75 Å². The average Bonchev–Trinajstić information content (AvgIpc) is 2.53. The second-order valence-corrected chi connectivity index (χ2v) is 7.05. The normalized spacial score (nSPS) is 16.0. The minimum Gasteiger partial charge on any atom is -0.489 e. The molecule has 1 unspecified atom stereocenters. The highest BCUT2D eigenvalue weighted by Gasteiger charge is 2.13. The van der Waals surface area contributed by atoms with E-state index in [1.54, 1.807) is 18.2 Å². The number of ether oxygens (including phenoxy) is 1. The average molecular weight is 434 g/mol. The molecule has 0 aliphatic carbocycles. The maximum atomic E-state index is 10.1. The molecule has 1 atom stereocenters. The van der Waals surface area contributed by atoms with Crippen LogP contribution in [0.1, 0.15) is 19.3 Å². The predicted octanol–water partition coefficient (Wildman–Crippen LogP) is 3.99. The van der Waals surface area contributed by atoms with Crippen molar-refractivity contribution in [2.45, 2.75) is 25.4 Å². The number of aliphatic hydroxyl groups excluding tert-OH is 1. The van der Waals surface area contributed by atoms with Crippen molar-refractivity contribution in [1.29, 1.82) is 0 Å². The maximum Gasteiger partial charge on any atom is 0.138 e. The van der Waals surface area contributed by atoms with E-state index >= 15 is 0 Å². The van der Waals surface area contributed by atoms with Gasteiger partial charge in [0.15, 0.2) is 0 Å². The lowest BCUT2D eigenvalue weighted by atomic mass is 10.1. The lowest BCUT2D eigenvalue weighted by Crippen LogP contribution is -2.40. The highest BCUT2D eigenvalue weighted by molar-refractivity contribution is 6.35. The van der Waals surface area contributed by atoms with E-state index in [0.29, 0.717) is 22.3 Å². The zero-order valence-electron chi connectivity index (χ0n) is 14.5. The number of hydrogen-bond donors (Lipinski definition) is 1. The Kier molecular flexibility index (Phi) is 13.3. The molecule has 0 amide bonds. The van der Waals surface area contributed by atoms with Crippen molar-refractivity contribution >= 4 is 48.0 Å². The van der Waals surface area contributed by atoms with Gasteiger partial charge in [0.25, 0.3) is 0 Å². The van der Waals surface area contributed by atoms with Gasteiger partial charge >= 0.3 is 0 Å². The first kappa shape index (κ1) is 25.1. The van der Waals surface area contributed by atoms with Crippen molar-refractivity contribution < 1.29 is 9.84 Å². The number of aliphatic hydroxyl groups is 1. The third kappa shape index (κ3) is 9.53. The van der Waals surface area contributed by atoms with Gasteiger partial charge in [-0.3, -0.25) is 0 Å². The van der Waals surface area contributed by atoms with Gasteiger partial charge in [0.2, 0.25) is 0 Å². The van der Waals surface area contributed by atoms with Crippen molar-refractivity contribution in [1.82, 2.24) is 9.80 Å². The highest BCUT2D eigenvalue weighted by Crippen LogP contribution is 2.27. The van der Waals surface area contributed by atoms with Crippen LogP contribution in [0.25, 0.3) is 0 Å². The molecule has 2 rings (SSSR count). The number of benzene rings is 1. The Balaban J connectivity index is 0.00000288. The van der Waals surface area contributed by atoms with Crippen LogP contribution in [-0.2, 0) is 0 Å². The van der Waals surface area contributed by atoms with E-state index < -0.39 is 6.10 Å². The van der Waals surface area contributed by atoms with Gasteiger partial charge in [-0.05, 0) is 51.2 Å². The molecule has 0 aromatic heterocycles. The monoisotopic (exact) mass is 432 g/mol. The Morgan fingerprint density at radius 2 is 1.88 bits per heavy atom. The minimum absolute atomic E-state index is 0. The molecule has 1 N–H and O–H groups in total. The van der Waals surface area contributed by atoms with Crippen LogP contribution in [0, 0.1) is 0 Å². The molecule has 1 aromatic rings. The van der Waals surface area contributed by atoms with E-state index in [4.69, 9.17) is 27.9 Å². The lowest BCUT2D eigenvalue weighted by Gasteiger charge is -2.29. The van der Waals surface area contributed by atoms with Gasteiger partial charge in [0.1, 0.15) is 18.5 Å². The molecule has 1 aliphatic rings. The van der Waals surface area contributed by atoms with Crippen LogP contribution in [0.3, 0.4) is 0 Å². The van der Waals surface area contributed by atoms with Crippen molar-refractivity contribution in [2.24, 2.45) is 0 Å². The van der Waals surface area contributed by atoms with Gasteiger partial charge in [-0.1, -0.05) is 29.6 Å². The summed E-state index contributed by atoms with van der Waals surface area (Å²) in [5, 5.41) is 11.1. The summed E-state index contributed by atoms with van der Waals surface area (Å²) >= 11 is 11.9. The topological polar surface area (TPSA) is 35.9 Å². The van der Waals surface area contributed by atoms with Gasteiger partial charge in [-0.2, -0.15) is 0 Å². The first-order valence-corrected chi connectivity index (χ1v) is 8.97. The molecule has 1 saturated heterocycles. The lowest BCUT2D eigenvalue weighted by molar-refractivity contribution is 0.0720. The Bertz CT molecular complexity index is 488. The number of likely N-dealkylation sites (tertiary alicyclic amines) is 1. The summed E-state index contributed by atoms with van der Waals surface area (Å²) in [4.78, 5) is 4.64. The van der Waals surface area contributed by atoms with Gasteiger partial charge in [0.05, 0.1) is 5.02 Å². The fourth-order valence-electron chi connectivity index (χ4n) is 2.78. The number of rotatable bonds is 8. The van der Waals surface area contributed by atoms with E-state index in [1.807, 2.05) is 7.05 Å². The number of nitrogens with zero attached hydrogens (tertiary/aromatic N) is 2. The van der Waals surface area contributed by atoms with Crippen molar-refractivity contribution in [2.75, 3.05) is 46.4 Å². The molecule has 0 saturated carbocycles. The zero-order chi connectivity index (χ0) is 16.7. The second kappa shape index (κ2) is 13.3. The van der Waals surface area contributed by atoms with Crippen molar-refractivity contribution in [3.05, 3.63) is 28.2 Å². The van der Waals surface area contributed by atoms with Gasteiger partial charge in [-0.15, -0.1) is 24.8 Å². The van der Waals surface area contributed by atoms with E-state index in [-0.39, 0.29) is 31.4 Å². The predicted molar refractivity (Wildman–Crippen MR) is 110 cm³/mol. The van der Waals surface area contributed by atoms with Gasteiger partial charge < -0.3 is 19.6 Å². The van der Waals surface area contributed by atoms with Crippen LogP contribution in [0.15, 0.2) is 18.2 Å². The molecule has 1 aliphatic heterocycles. The Morgan fingerprint density at radius 3 is 2.52 bits per heavy atom.